The molecule has 6 heteroatoms. The fraction of sp³-hybridized carbons (Fsp3) is 0.438. The maximum absolute atomic E-state index is 12.8. The summed E-state index contributed by atoms with van der Waals surface area (Å²) in [6.07, 6.45) is 0.805. The van der Waals surface area contributed by atoms with Crippen LogP contribution in [0.1, 0.15) is 23.8 Å². The molecule has 1 amide bonds. The number of hydrogen-bond acceptors (Lipinski definition) is 4. The third-order valence-corrected chi connectivity index (χ3v) is 4.75. The van der Waals surface area contributed by atoms with Crippen molar-refractivity contribution in [2.75, 3.05) is 24.6 Å². The number of benzene rings is 1. The van der Waals surface area contributed by atoms with Crippen LogP contribution in [0.15, 0.2) is 29.1 Å². The van der Waals surface area contributed by atoms with Crippen molar-refractivity contribution in [1.82, 2.24) is 14.7 Å². The van der Waals surface area contributed by atoms with E-state index in [4.69, 9.17) is 0 Å². The van der Waals surface area contributed by atoms with Gasteiger partial charge in [-0.2, -0.15) is 16.9 Å². The lowest BCUT2D eigenvalue weighted by molar-refractivity contribution is 0.0766. The Morgan fingerprint density at radius 2 is 1.91 bits per heavy atom. The molecule has 1 fully saturated rings. The molecule has 5 nitrogen and oxygen atoms in total. The van der Waals surface area contributed by atoms with E-state index in [1.165, 1.54) is 4.68 Å². The highest BCUT2D eigenvalue weighted by Crippen LogP contribution is 2.18. The van der Waals surface area contributed by atoms with E-state index < -0.39 is 0 Å². The van der Waals surface area contributed by atoms with E-state index in [9.17, 15) is 9.59 Å². The number of rotatable bonds is 3. The van der Waals surface area contributed by atoms with E-state index in [1.54, 1.807) is 6.07 Å². The number of aryl methyl sites for hydroxylation is 1. The largest absolute Gasteiger partial charge is 0.336 e. The minimum absolute atomic E-state index is 0.0682. The van der Waals surface area contributed by atoms with Gasteiger partial charge in [0.05, 0.1) is 5.39 Å². The molecule has 0 saturated carbocycles. The van der Waals surface area contributed by atoms with Crippen LogP contribution < -0.4 is 5.56 Å². The van der Waals surface area contributed by atoms with Crippen molar-refractivity contribution in [1.29, 1.82) is 0 Å². The third-order valence-electron chi connectivity index (χ3n) is 3.80. The third kappa shape index (κ3) is 2.75. The number of aromatic nitrogens is 2. The van der Waals surface area contributed by atoms with Crippen LogP contribution >= 0.6 is 11.8 Å². The van der Waals surface area contributed by atoms with Crippen molar-refractivity contribution >= 4 is 28.4 Å². The van der Waals surface area contributed by atoms with Crippen molar-refractivity contribution < 1.29 is 4.79 Å². The summed E-state index contributed by atoms with van der Waals surface area (Å²) in [6, 6.07) is 7.25. The Morgan fingerprint density at radius 3 is 2.59 bits per heavy atom. The molecular formula is C16H19N3O2S. The molecule has 116 valence electrons. The quantitative estimate of drug-likeness (QED) is 0.869. The van der Waals surface area contributed by atoms with Gasteiger partial charge in [0.1, 0.15) is 0 Å². The van der Waals surface area contributed by atoms with Gasteiger partial charge in [0.15, 0.2) is 5.69 Å². The monoisotopic (exact) mass is 317 g/mol. The van der Waals surface area contributed by atoms with Crippen molar-refractivity contribution in [2.45, 2.75) is 19.9 Å². The average molecular weight is 317 g/mol. The maximum atomic E-state index is 12.8. The average Bonchev–Trinajstić information content (AvgIpc) is 2.58. The smallest absolute Gasteiger partial charge is 0.275 e. The summed E-state index contributed by atoms with van der Waals surface area (Å²) >= 11 is 1.86. The SMILES string of the molecule is CCCn1nc(C(=O)N2CCSCC2)c2ccccc2c1=O. The second-order valence-electron chi connectivity index (χ2n) is 5.33. The van der Waals surface area contributed by atoms with E-state index in [0.29, 0.717) is 23.0 Å². The first-order valence-electron chi connectivity index (χ1n) is 7.59. The second-order valence-corrected chi connectivity index (χ2v) is 6.55. The van der Waals surface area contributed by atoms with Crippen LogP contribution in [0, 0.1) is 0 Å². The topological polar surface area (TPSA) is 55.2 Å². The first-order valence-corrected chi connectivity index (χ1v) is 8.74. The summed E-state index contributed by atoms with van der Waals surface area (Å²) < 4.78 is 1.42. The van der Waals surface area contributed by atoms with Crippen LogP contribution in [0.25, 0.3) is 10.8 Å². The Bertz CT molecular complexity index is 751. The number of carbonyl (C=O) groups is 1. The van der Waals surface area contributed by atoms with Gasteiger partial charge >= 0.3 is 0 Å². The molecule has 1 saturated heterocycles. The van der Waals surface area contributed by atoms with Gasteiger partial charge in [-0.05, 0) is 12.5 Å². The molecule has 3 rings (SSSR count). The Kier molecular flexibility index (Phi) is 4.47. The van der Waals surface area contributed by atoms with Crippen molar-refractivity contribution in [3.8, 4) is 0 Å². The number of nitrogens with zero attached hydrogens (tertiary/aromatic N) is 3. The Morgan fingerprint density at radius 1 is 1.23 bits per heavy atom. The zero-order valence-corrected chi connectivity index (χ0v) is 13.4. The van der Waals surface area contributed by atoms with Crippen LogP contribution in [0.4, 0.5) is 0 Å². The van der Waals surface area contributed by atoms with Gasteiger partial charge in [-0.3, -0.25) is 9.59 Å². The standard InChI is InChI=1S/C16H19N3O2S/c1-2-7-19-15(20)13-6-4-3-5-12(13)14(17-19)16(21)18-8-10-22-11-9-18/h3-6H,2,7-11H2,1H3. The van der Waals surface area contributed by atoms with Gasteiger partial charge in [0.25, 0.3) is 11.5 Å². The Labute approximate surface area is 133 Å². The first-order chi connectivity index (χ1) is 10.7. The van der Waals surface area contributed by atoms with E-state index in [-0.39, 0.29) is 11.5 Å². The minimum Gasteiger partial charge on any atom is -0.336 e. The predicted octanol–water partition coefficient (Wildman–Crippen LogP) is 2.00. The number of amides is 1. The van der Waals surface area contributed by atoms with Crippen LogP contribution in [0.2, 0.25) is 0 Å². The first kappa shape index (κ1) is 15.1. The van der Waals surface area contributed by atoms with Crippen LogP contribution in [-0.4, -0.2) is 45.2 Å². The molecule has 0 radical (unpaired) electrons. The van der Waals surface area contributed by atoms with Gasteiger partial charge in [0, 0.05) is 36.5 Å². The summed E-state index contributed by atoms with van der Waals surface area (Å²) in [4.78, 5) is 27.1. The lowest BCUT2D eigenvalue weighted by atomic mass is 10.1. The van der Waals surface area contributed by atoms with Crippen molar-refractivity contribution in [3.63, 3.8) is 0 Å². The van der Waals surface area contributed by atoms with Gasteiger partial charge in [-0.25, -0.2) is 4.68 Å². The summed E-state index contributed by atoms with van der Waals surface area (Å²) in [6.45, 7) is 4.01. The minimum atomic E-state index is -0.122. The molecule has 1 aromatic heterocycles. The molecule has 1 aliphatic rings. The van der Waals surface area contributed by atoms with Crippen LogP contribution in [-0.2, 0) is 6.54 Å². The molecule has 0 aliphatic carbocycles. The van der Waals surface area contributed by atoms with E-state index >= 15 is 0 Å². The summed E-state index contributed by atoms with van der Waals surface area (Å²) in [5.41, 5.74) is 0.277. The highest BCUT2D eigenvalue weighted by molar-refractivity contribution is 7.99. The zero-order chi connectivity index (χ0) is 15.5. The molecule has 0 spiro atoms. The fourth-order valence-corrected chi connectivity index (χ4v) is 3.58. The number of hydrogen-bond donors (Lipinski definition) is 0. The molecule has 22 heavy (non-hydrogen) atoms. The van der Waals surface area contributed by atoms with Gasteiger partial charge < -0.3 is 4.90 Å². The number of thioether (sulfide) groups is 1. The molecule has 0 unspecified atom stereocenters. The van der Waals surface area contributed by atoms with Crippen LogP contribution in [0.3, 0.4) is 0 Å². The number of fused-ring (bicyclic) bond motifs is 1. The van der Waals surface area contributed by atoms with Gasteiger partial charge in [0.2, 0.25) is 0 Å². The molecule has 1 aliphatic heterocycles. The van der Waals surface area contributed by atoms with Gasteiger partial charge in [-0.1, -0.05) is 25.1 Å². The Hall–Kier alpha value is -1.82. The molecule has 2 heterocycles. The molecule has 0 N–H and O–H groups in total. The Balaban J connectivity index is 2.13. The molecular weight excluding hydrogens is 298 g/mol. The summed E-state index contributed by atoms with van der Waals surface area (Å²) in [5, 5.41) is 5.60. The second kappa shape index (κ2) is 6.52. The lowest BCUT2D eigenvalue weighted by Gasteiger charge is -2.26. The highest BCUT2D eigenvalue weighted by Gasteiger charge is 2.23. The molecule has 0 atom stereocenters. The van der Waals surface area contributed by atoms with Crippen molar-refractivity contribution in [3.05, 3.63) is 40.3 Å². The van der Waals surface area contributed by atoms with Crippen molar-refractivity contribution in [2.24, 2.45) is 0 Å². The molecule has 0 bridgehead atoms. The van der Waals surface area contributed by atoms with E-state index in [0.717, 1.165) is 31.0 Å². The molecule has 2 aromatic rings. The summed E-state index contributed by atoms with van der Waals surface area (Å²) in [5.74, 6) is 1.85. The lowest BCUT2D eigenvalue weighted by Crippen LogP contribution is -2.39. The van der Waals surface area contributed by atoms with E-state index in [2.05, 4.69) is 5.10 Å². The highest BCUT2D eigenvalue weighted by atomic mass is 32.2. The van der Waals surface area contributed by atoms with Gasteiger partial charge in [-0.15, -0.1) is 0 Å². The number of carbonyl (C=O) groups excluding carboxylic acids is 1. The summed E-state index contributed by atoms with van der Waals surface area (Å²) in [7, 11) is 0. The zero-order valence-electron chi connectivity index (χ0n) is 12.6. The van der Waals surface area contributed by atoms with E-state index in [1.807, 2.05) is 41.8 Å². The molecule has 1 aromatic carbocycles. The normalized spacial score (nSPS) is 15.2. The van der Waals surface area contributed by atoms with Crippen LogP contribution in [0.5, 0.6) is 0 Å². The fourth-order valence-electron chi connectivity index (χ4n) is 2.67. The maximum Gasteiger partial charge on any atom is 0.275 e. The predicted molar refractivity (Wildman–Crippen MR) is 89.5 cm³/mol.